The van der Waals surface area contributed by atoms with Crippen molar-refractivity contribution >= 4 is 0 Å². The molecule has 106 valence electrons. The third kappa shape index (κ3) is 3.56. The van der Waals surface area contributed by atoms with Crippen molar-refractivity contribution in [3.8, 4) is 0 Å². The molecule has 1 nitrogen and oxygen atoms in total. The van der Waals surface area contributed by atoms with Gasteiger partial charge in [0.15, 0.2) is 0 Å². The smallest absolute Gasteiger partial charge is 0.126 e. The van der Waals surface area contributed by atoms with E-state index in [2.05, 4.69) is 25.2 Å². The SMILES string of the molecule is CCNC(c1ccc(C)c(F)c1)C1CCCC(C)C1. The molecule has 19 heavy (non-hydrogen) atoms. The van der Waals surface area contributed by atoms with Crippen LogP contribution in [0.2, 0.25) is 0 Å². The normalized spacial score (nSPS) is 25.3. The van der Waals surface area contributed by atoms with E-state index in [1.807, 2.05) is 13.0 Å². The number of hydrogen-bond donors (Lipinski definition) is 1. The van der Waals surface area contributed by atoms with E-state index in [1.54, 1.807) is 6.07 Å². The molecule has 1 aromatic carbocycles. The maximum atomic E-state index is 13.8. The highest BCUT2D eigenvalue weighted by Gasteiger charge is 2.27. The highest BCUT2D eigenvalue weighted by atomic mass is 19.1. The lowest BCUT2D eigenvalue weighted by atomic mass is 9.76. The van der Waals surface area contributed by atoms with Gasteiger partial charge in [0, 0.05) is 6.04 Å². The van der Waals surface area contributed by atoms with Crippen molar-refractivity contribution < 1.29 is 4.39 Å². The zero-order chi connectivity index (χ0) is 13.8. The Morgan fingerprint density at radius 3 is 2.79 bits per heavy atom. The summed E-state index contributed by atoms with van der Waals surface area (Å²) in [6.07, 6.45) is 5.17. The molecule has 1 saturated carbocycles. The molecule has 0 spiro atoms. The zero-order valence-corrected chi connectivity index (χ0v) is 12.4. The lowest BCUT2D eigenvalue weighted by Crippen LogP contribution is -2.31. The summed E-state index contributed by atoms with van der Waals surface area (Å²) in [5.74, 6) is 1.37. The third-order valence-corrected chi connectivity index (χ3v) is 4.43. The van der Waals surface area contributed by atoms with Gasteiger partial charge in [-0.05, 0) is 55.3 Å². The minimum atomic E-state index is -0.0794. The number of halogens is 1. The molecule has 0 amide bonds. The third-order valence-electron chi connectivity index (χ3n) is 4.43. The molecule has 1 N–H and O–H groups in total. The first-order valence-electron chi connectivity index (χ1n) is 7.61. The van der Waals surface area contributed by atoms with Crippen LogP contribution in [-0.4, -0.2) is 6.54 Å². The highest BCUT2D eigenvalue weighted by molar-refractivity contribution is 5.26. The van der Waals surface area contributed by atoms with E-state index in [1.165, 1.54) is 25.7 Å². The first-order valence-corrected chi connectivity index (χ1v) is 7.61. The maximum absolute atomic E-state index is 13.8. The zero-order valence-electron chi connectivity index (χ0n) is 12.4. The van der Waals surface area contributed by atoms with Crippen molar-refractivity contribution in [1.82, 2.24) is 5.32 Å². The average molecular weight is 263 g/mol. The van der Waals surface area contributed by atoms with Gasteiger partial charge in [-0.15, -0.1) is 0 Å². The quantitative estimate of drug-likeness (QED) is 0.836. The Balaban J connectivity index is 2.20. The fraction of sp³-hybridized carbons (Fsp3) is 0.647. The van der Waals surface area contributed by atoms with Crippen LogP contribution in [0.1, 0.15) is 56.7 Å². The number of benzene rings is 1. The summed E-state index contributed by atoms with van der Waals surface area (Å²) in [5.41, 5.74) is 1.85. The Kier molecular flexibility index (Phi) is 4.98. The van der Waals surface area contributed by atoms with Crippen molar-refractivity contribution in [1.29, 1.82) is 0 Å². The van der Waals surface area contributed by atoms with E-state index in [9.17, 15) is 4.39 Å². The van der Waals surface area contributed by atoms with E-state index in [0.29, 0.717) is 12.0 Å². The summed E-state index contributed by atoms with van der Waals surface area (Å²) >= 11 is 0. The summed E-state index contributed by atoms with van der Waals surface area (Å²) in [6.45, 7) is 7.23. The number of rotatable bonds is 4. The molecule has 0 aromatic heterocycles. The minimum absolute atomic E-state index is 0.0794. The number of hydrogen-bond acceptors (Lipinski definition) is 1. The van der Waals surface area contributed by atoms with Gasteiger partial charge in [0.05, 0.1) is 0 Å². The van der Waals surface area contributed by atoms with Gasteiger partial charge in [-0.3, -0.25) is 0 Å². The lowest BCUT2D eigenvalue weighted by Gasteiger charge is -2.34. The lowest BCUT2D eigenvalue weighted by molar-refractivity contribution is 0.225. The largest absolute Gasteiger partial charge is 0.310 e. The van der Waals surface area contributed by atoms with E-state index < -0.39 is 0 Å². The van der Waals surface area contributed by atoms with Gasteiger partial charge >= 0.3 is 0 Å². The second-order valence-corrected chi connectivity index (χ2v) is 6.08. The summed E-state index contributed by atoms with van der Waals surface area (Å²) in [4.78, 5) is 0. The van der Waals surface area contributed by atoms with E-state index in [4.69, 9.17) is 0 Å². The first kappa shape index (κ1) is 14.5. The molecule has 1 aliphatic rings. The number of nitrogens with one attached hydrogen (secondary N) is 1. The monoisotopic (exact) mass is 263 g/mol. The first-order chi connectivity index (χ1) is 9.11. The standard InChI is InChI=1S/C17H26FN/c1-4-19-17(14-7-5-6-12(2)10-14)15-9-8-13(3)16(18)11-15/h8-9,11-12,14,17,19H,4-7,10H2,1-3H3. The predicted octanol–water partition coefficient (Wildman–Crippen LogP) is 4.61. The van der Waals surface area contributed by atoms with Crippen molar-refractivity contribution in [2.24, 2.45) is 11.8 Å². The molecule has 0 bridgehead atoms. The van der Waals surface area contributed by atoms with Crippen LogP contribution in [0.25, 0.3) is 0 Å². The van der Waals surface area contributed by atoms with Crippen LogP contribution in [-0.2, 0) is 0 Å². The summed E-state index contributed by atoms with van der Waals surface area (Å²) < 4.78 is 13.8. The van der Waals surface area contributed by atoms with Crippen molar-refractivity contribution in [2.75, 3.05) is 6.54 Å². The summed E-state index contributed by atoms with van der Waals surface area (Å²) in [7, 11) is 0. The minimum Gasteiger partial charge on any atom is -0.310 e. The maximum Gasteiger partial charge on any atom is 0.126 e. The molecular weight excluding hydrogens is 237 g/mol. The van der Waals surface area contributed by atoms with Crippen LogP contribution in [0.3, 0.4) is 0 Å². The number of aryl methyl sites for hydroxylation is 1. The molecule has 2 rings (SSSR count). The van der Waals surface area contributed by atoms with Gasteiger partial charge in [-0.25, -0.2) is 4.39 Å². The molecule has 3 atom stereocenters. The van der Waals surface area contributed by atoms with Crippen LogP contribution in [0.4, 0.5) is 4.39 Å². The van der Waals surface area contributed by atoms with Crippen molar-refractivity contribution in [2.45, 2.75) is 52.5 Å². The Labute approximate surface area is 116 Å². The average Bonchev–Trinajstić information content (AvgIpc) is 2.39. The summed E-state index contributed by atoms with van der Waals surface area (Å²) in [5, 5.41) is 3.57. The van der Waals surface area contributed by atoms with Gasteiger partial charge in [0.1, 0.15) is 5.82 Å². The Morgan fingerprint density at radius 1 is 1.37 bits per heavy atom. The van der Waals surface area contributed by atoms with E-state index in [0.717, 1.165) is 23.6 Å². The summed E-state index contributed by atoms with van der Waals surface area (Å²) in [6, 6.07) is 6.02. The highest BCUT2D eigenvalue weighted by Crippen LogP contribution is 2.37. The predicted molar refractivity (Wildman–Crippen MR) is 78.7 cm³/mol. The molecule has 0 aliphatic heterocycles. The Bertz CT molecular complexity index is 416. The topological polar surface area (TPSA) is 12.0 Å². The Hall–Kier alpha value is -0.890. The molecule has 1 fully saturated rings. The molecule has 1 aromatic rings. The molecular formula is C17H26FN. The van der Waals surface area contributed by atoms with Crippen LogP contribution in [0.5, 0.6) is 0 Å². The molecule has 0 saturated heterocycles. The van der Waals surface area contributed by atoms with Crippen LogP contribution in [0, 0.1) is 24.6 Å². The van der Waals surface area contributed by atoms with Crippen LogP contribution < -0.4 is 5.32 Å². The second kappa shape index (κ2) is 6.51. The molecule has 0 radical (unpaired) electrons. The fourth-order valence-corrected chi connectivity index (χ4v) is 3.36. The molecule has 1 aliphatic carbocycles. The molecule has 3 unspecified atom stereocenters. The second-order valence-electron chi connectivity index (χ2n) is 6.08. The van der Waals surface area contributed by atoms with E-state index >= 15 is 0 Å². The van der Waals surface area contributed by atoms with Crippen molar-refractivity contribution in [3.63, 3.8) is 0 Å². The Morgan fingerprint density at radius 2 is 2.16 bits per heavy atom. The van der Waals surface area contributed by atoms with Gasteiger partial charge in [-0.2, -0.15) is 0 Å². The van der Waals surface area contributed by atoms with Crippen LogP contribution >= 0.6 is 0 Å². The van der Waals surface area contributed by atoms with Gasteiger partial charge in [-0.1, -0.05) is 38.8 Å². The van der Waals surface area contributed by atoms with Gasteiger partial charge < -0.3 is 5.32 Å². The van der Waals surface area contributed by atoms with Crippen molar-refractivity contribution in [3.05, 3.63) is 35.1 Å². The van der Waals surface area contributed by atoms with Gasteiger partial charge in [0.25, 0.3) is 0 Å². The molecule has 0 heterocycles. The fourth-order valence-electron chi connectivity index (χ4n) is 3.36. The molecule has 2 heteroatoms. The van der Waals surface area contributed by atoms with E-state index in [-0.39, 0.29) is 5.82 Å². The van der Waals surface area contributed by atoms with Gasteiger partial charge in [0.2, 0.25) is 0 Å². The van der Waals surface area contributed by atoms with Crippen LogP contribution in [0.15, 0.2) is 18.2 Å².